The quantitative estimate of drug-likeness (QED) is 0.384. The number of fused-ring (bicyclic) bond motifs is 1. The maximum Gasteiger partial charge on any atom is 0.320 e. The molecule has 1 heterocycles. The largest absolute Gasteiger partial charge is 0.393 e. The van der Waals surface area contributed by atoms with E-state index in [1.165, 1.54) is 0 Å². The molecule has 0 aromatic carbocycles. The summed E-state index contributed by atoms with van der Waals surface area (Å²) >= 11 is 0. The summed E-state index contributed by atoms with van der Waals surface area (Å²) in [5, 5.41) is 0. The lowest BCUT2D eigenvalue weighted by atomic mass is 9.82. The molecule has 0 spiro atoms. The van der Waals surface area contributed by atoms with E-state index in [0.717, 1.165) is 0 Å². The molecule has 2 rings (SSSR count). The molecule has 0 aromatic rings. The normalized spacial score (nSPS) is 33.8. The van der Waals surface area contributed by atoms with Crippen molar-refractivity contribution in [2.24, 2.45) is 11.8 Å². The molecule has 0 saturated carbocycles. The summed E-state index contributed by atoms with van der Waals surface area (Å²) in [4.78, 5) is 23.0. The molecule has 2 aliphatic rings. The topological polar surface area (TPSA) is 52.6 Å². The van der Waals surface area contributed by atoms with E-state index in [0.29, 0.717) is 6.42 Å². The fourth-order valence-corrected chi connectivity index (χ4v) is 2.16. The second kappa shape index (κ2) is 3.70. The number of carbonyl (C=O) groups is 2. The summed E-state index contributed by atoms with van der Waals surface area (Å²) in [6.45, 7) is 5.77. The Bertz CT molecular complexity index is 351. The van der Waals surface area contributed by atoms with Gasteiger partial charge in [0.05, 0.1) is 17.6 Å². The highest BCUT2D eigenvalue weighted by molar-refractivity contribution is 5.97. The van der Waals surface area contributed by atoms with E-state index in [1.54, 1.807) is 0 Å². The maximum atomic E-state index is 11.6. The first-order valence-corrected chi connectivity index (χ1v) is 5.48. The molecule has 4 heteroatoms. The zero-order valence-corrected chi connectivity index (χ0v) is 9.73. The van der Waals surface area contributed by atoms with Gasteiger partial charge in [-0.3, -0.25) is 9.59 Å². The van der Waals surface area contributed by atoms with Crippen LogP contribution in [0.3, 0.4) is 0 Å². The maximum absolute atomic E-state index is 11.6. The molecule has 3 unspecified atom stereocenters. The lowest BCUT2D eigenvalue weighted by molar-refractivity contribution is -0.155. The summed E-state index contributed by atoms with van der Waals surface area (Å²) in [5.74, 6) is -1.68. The highest BCUT2D eigenvalue weighted by Crippen LogP contribution is 2.36. The van der Waals surface area contributed by atoms with Crippen LogP contribution in [0.4, 0.5) is 0 Å². The number of allylic oxidation sites excluding steroid dienone is 1. The van der Waals surface area contributed by atoms with Gasteiger partial charge in [0.1, 0.15) is 5.92 Å². The highest BCUT2D eigenvalue weighted by atomic mass is 16.6. The first-order chi connectivity index (χ1) is 7.38. The van der Waals surface area contributed by atoms with Crippen LogP contribution in [0.15, 0.2) is 12.2 Å². The first-order valence-electron chi connectivity index (χ1n) is 5.48. The van der Waals surface area contributed by atoms with Gasteiger partial charge in [0.15, 0.2) is 0 Å². The van der Waals surface area contributed by atoms with Gasteiger partial charge in [-0.15, -0.1) is 0 Å². The molecule has 1 aliphatic carbocycles. The third kappa shape index (κ3) is 2.02. The summed E-state index contributed by atoms with van der Waals surface area (Å²) in [6.07, 6.45) is 3.96. The second-order valence-corrected chi connectivity index (χ2v) is 5.23. The van der Waals surface area contributed by atoms with Crippen LogP contribution in [-0.2, 0) is 19.1 Å². The van der Waals surface area contributed by atoms with Crippen LogP contribution in [0.5, 0.6) is 0 Å². The first kappa shape index (κ1) is 11.3. The molecule has 0 aromatic heterocycles. The van der Waals surface area contributed by atoms with Gasteiger partial charge in [-0.1, -0.05) is 12.2 Å². The molecule has 0 amide bonds. The molecule has 1 aliphatic heterocycles. The third-order valence-corrected chi connectivity index (χ3v) is 2.77. The van der Waals surface area contributed by atoms with E-state index in [9.17, 15) is 9.59 Å². The number of hydrogen-bond acceptors (Lipinski definition) is 4. The van der Waals surface area contributed by atoms with Gasteiger partial charge in [-0.25, -0.2) is 0 Å². The fourth-order valence-electron chi connectivity index (χ4n) is 2.16. The van der Waals surface area contributed by atoms with Gasteiger partial charge in [0.2, 0.25) is 0 Å². The van der Waals surface area contributed by atoms with Crippen LogP contribution in [-0.4, -0.2) is 23.6 Å². The lowest BCUT2D eigenvalue weighted by Gasteiger charge is -2.31. The Morgan fingerprint density at radius 1 is 1.31 bits per heavy atom. The molecule has 0 N–H and O–H groups in total. The Hall–Kier alpha value is -1.16. The van der Waals surface area contributed by atoms with Crippen molar-refractivity contribution in [2.75, 3.05) is 0 Å². The molecular formula is C12H16O4. The summed E-state index contributed by atoms with van der Waals surface area (Å²) in [5.41, 5.74) is -0.344. The fraction of sp³-hybridized carbons (Fsp3) is 0.667. The zero-order chi connectivity index (χ0) is 11.9. The highest BCUT2D eigenvalue weighted by Gasteiger charge is 2.49. The Morgan fingerprint density at radius 3 is 2.62 bits per heavy atom. The smallest absolute Gasteiger partial charge is 0.320 e. The molecule has 0 radical (unpaired) electrons. The molecule has 4 nitrogen and oxygen atoms in total. The van der Waals surface area contributed by atoms with Crippen molar-refractivity contribution in [2.45, 2.75) is 38.9 Å². The number of carbonyl (C=O) groups excluding carboxylic acids is 2. The van der Waals surface area contributed by atoms with Crippen LogP contribution in [0.25, 0.3) is 0 Å². The predicted octanol–water partition coefficient (Wildman–Crippen LogP) is 1.45. The summed E-state index contributed by atoms with van der Waals surface area (Å²) < 4.78 is 10.4. The number of esters is 2. The third-order valence-electron chi connectivity index (χ3n) is 2.77. The van der Waals surface area contributed by atoms with Gasteiger partial charge < -0.3 is 9.47 Å². The Labute approximate surface area is 94.6 Å². The van der Waals surface area contributed by atoms with Crippen molar-refractivity contribution in [1.82, 2.24) is 0 Å². The van der Waals surface area contributed by atoms with Crippen molar-refractivity contribution in [1.29, 1.82) is 0 Å². The van der Waals surface area contributed by atoms with Gasteiger partial charge in [-0.2, -0.15) is 0 Å². The van der Waals surface area contributed by atoms with Crippen LogP contribution in [0, 0.1) is 11.8 Å². The van der Waals surface area contributed by atoms with E-state index < -0.39 is 17.9 Å². The molecule has 1 saturated heterocycles. The van der Waals surface area contributed by atoms with Crippen LogP contribution < -0.4 is 0 Å². The van der Waals surface area contributed by atoms with Crippen molar-refractivity contribution >= 4 is 11.9 Å². The Kier molecular flexibility index (Phi) is 2.62. The molecule has 16 heavy (non-hydrogen) atoms. The standard InChI is InChI=1S/C12H16O4/c1-12(2,3)16-8-6-4-5-7-9(8)11(14)15-10(7)13/h4,6-9H,5H2,1-3H3. The van der Waals surface area contributed by atoms with Gasteiger partial charge in [0, 0.05) is 0 Å². The SMILES string of the molecule is CC(C)(C)OC1C=CCC2C(=O)OC(=O)C12. The monoisotopic (exact) mass is 224 g/mol. The minimum atomic E-state index is -0.461. The van der Waals surface area contributed by atoms with Crippen molar-refractivity contribution in [3.8, 4) is 0 Å². The van der Waals surface area contributed by atoms with E-state index in [2.05, 4.69) is 4.74 Å². The number of hydrogen-bond donors (Lipinski definition) is 0. The second-order valence-electron chi connectivity index (χ2n) is 5.23. The van der Waals surface area contributed by atoms with E-state index >= 15 is 0 Å². The predicted molar refractivity (Wildman–Crippen MR) is 56.5 cm³/mol. The van der Waals surface area contributed by atoms with Gasteiger partial charge >= 0.3 is 11.9 Å². The number of ether oxygens (including phenoxy) is 2. The van der Waals surface area contributed by atoms with E-state index in [4.69, 9.17) is 4.74 Å². The zero-order valence-electron chi connectivity index (χ0n) is 9.73. The van der Waals surface area contributed by atoms with E-state index in [1.807, 2.05) is 32.9 Å². The number of rotatable bonds is 1. The lowest BCUT2D eigenvalue weighted by Crippen LogP contribution is -2.38. The molecular weight excluding hydrogens is 208 g/mol. The van der Waals surface area contributed by atoms with Crippen molar-refractivity contribution in [3.05, 3.63) is 12.2 Å². The van der Waals surface area contributed by atoms with Crippen LogP contribution in [0.2, 0.25) is 0 Å². The summed E-state index contributed by atoms with van der Waals surface area (Å²) in [7, 11) is 0. The van der Waals surface area contributed by atoms with Crippen LogP contribution >= 0.6 is 0 Å². The number of cyclic esters (lactones) is 2. The van der Waals surface area contributed by atoms with Gasteiger partial charge in [-0.05, 0) is 27.2 Å². The summed E-state index contributed by atoms with van der Waals surface area (Å²) in [6, 6.07) is 0. The molecule has 88 valence electrons. The molecule has 1 fully saturated rings. The minimum absolute atomic E-state index is 0.344. The van der Waals surface area contributed by atoms with E-state index in [-0.39, 0.29) is 17.6 Å². The average molecular weight is 224 g/mol. The Balaban J connectivity index is 2.20. The molecule has 0 bridgehead atoms. The van der Waals surface area contributed by atoms with Crippen LogP contribution in [0.1, 0.15) is 27.2 Å². The minimum Gasteiger partial charge on any atom is -0.393 e. The van der Waals surface area contributed by atoms with Crippen molar-refractivity contribution in [3.63, 3.8) is 0 Å². The Morgan fingerprint density at radius 2 is 2.00 bits per heavy atom. The van der Waals surface area contributed by atoms with Crippen molar-refractivity contribution < 1.29 is 19.1 Å². The van der Waals surface area contributed by atoms with Gasteiger partial charge in [0.25, 0.3) is 0 Å². The average Bonchev–Trinajstić information content (AvgIpc) is 2.41. The molecule has 3 atom stereocenters.